The van der Waals surface area contributed by atoms with Gasteiger partial charge in [0, 0.05) is 44.3 Å². The van der Waals surface area contributed by atoms with Crippen molar-refractivity contribution in [1.29, 1.82) is 0 Å². The summed E-state index contributed by atoms with van der Waals surface area (Å²) in [5, 5.41) is 24.1. The molecule has 0 saturated carbocycles. The highest BCUT2D eigenvalue weighted by Crippen LogP contribution is 2.27. The summed E-state index contributed by atoms with van der Waals surface area (Å²) in [5.41, 5.74) is 0.681. The van der Waals surface area contributed by atoms with Crippen molar-refractivity contribution >= 4 is 21.7 Å². The highest BCUT2D eigenvalue weighted by atomic mass is 32.2. The third-order valence-electron chi connectivity index (χ3n) is 4.05. The fourth-order valence-corrected chi connectivity index (χ4v) is 4.25. The van der Waals surface area contributed by atoms with E-state index in [0.717, 1.165) is 16.4 Å². The molecule has 2 heterocycles. The SMILES string of the molecule is Cn1nc2c(c1C(=O)O)CN(S(=O)(=O)c1ccc([N+](=O)[O-])cc1)CC2. The molecule has 0 aliphatic carbocycles. The average Bonchev–Trinajstić information content (AvgIpc) is 2.89. The van der Waals surface area contributed by atoms with Gasteiger partial charge < -0.3 is 5.11 Å². The fourth-order valence-electron chi connectivity index (χ4n) is 2.84. The Bertz CT molecular complexity index is 964. The number of aryl methyl sites for hydroxylation is 1. The molecule has 0 atom stereocenters. The van der Waals surface area contributed by atoms with Crippen molar-refractivity contribution < 1.29 is 23.2 Å². The molecule has 25 heavy (non-hydrogen) atoms. The Morgan fingerprint density at radius 3 is 2.52 bits per heavy atom. The van der Waals surface area contributed by atoms with E-state index in [9.17, 15) is 28.4 Å². The summed E-state index contributed by atoms with van der Waals surface area (Å²) in [5.74, 6) is -1.18. The normalized spacial score (nSPS) is 14.9. The molecule has 1 aromatic heterocycles. The van der Waals surface area contributed by atoms with Crippen LogP contribution in [0.1, 0.15) is 21.7 Å². The molecule has 11 heteroatoms. The number of carboxylic acid groups (broad SMARTS) is 1. The van der Waals surface area contributed by atoms with Crippen LogP contribution in [0.4, 0.5) is 5.69 Å². The maximum Gasteiger partial charge on any atom is 0.354 e. The minimum Gasteiger partial charge on any atom is -0.477 e. The predicted molar refractivity (Wildman–Crippen MR) is 84.6 cm³/mol. The highest BCUT2D eigenvalue weighted by Gasteiger charge is 2.33. The van der Waals surface area contributed by atoms with Gasteiger partial charge in [-0.15, -0.1) is 0 Å². The Kier molecular flexibility index (Phi) is 4.05. The number of nitro groups is 1. The standard InChI is InChI=1S/C14H14N4O6S/c1-16-13(14(19)20)11-8-17(7-6-12(11)15-16)25(23,24)10-4-2-9(3-5-10)18(21)22/h2-5H,6-8H2,1H3,(H,19,20). The van der Waals surface area contributed by atoms with Gasteiger partial charge in [-0.05, 0) is 12.1 Å². The lowest BCUT2D eigenvalue weighted by atomic mass is 10.1. The number of sulfonamides is 1. The summed E-state index contributed by atoms with van der Waals surface area (Å²) in [6, 6.07) is 4.58. The van der Waals surface area contributed by atoms with Gasteiger partial charge in [-0.1, -0.05) is 0 Å². The van der Waals surface area contributed by atoms with E-state index in [-0.39, 0.29) is 29.4 Å². The lowest BCUT2D eigenvalue weighted by Gasteiger charge is -2.25. The molecule has 132 valence electrons. The van der Waals surface area contributed by atoms with Crippen LogP contribution in [-0.2, 0) is 30.0 Å². The third kappa shape index (κ3) is 2.87. The number of non-ortho nitro benzene ring substituents is 1. The number of aromatic carboxylic acids is 1. The number of nitrogens with zero attached hydrogens (tertiary/aromatic N) is 4. The Labute approximate surface area is 142 Å². The van der Waals surface area contributed by atoms with Gasteiger partial charge in [0.2, 0.25) is 10.0 Å². The van der Waals surface area contributed by atoms with Crippen molar-refractivity contribution in [1.82, 2.24) is 14.1 Å². The summed E-state index contributed by atoms with van der Waals surface area (Å²) in [6.45, 7) is 0.0481. The second-order valence-electron chi connectivity index (χ2n) is 5.54. The number of aromatic nitrogens is 2. The topological polar surface area (TPSA) is 136 Å². The molecule has 3 rings (SSSR count). The van der Waals surface area contributed by atoms with Crippen molar-refractivity contribution in [2.75, 3.05) is 6.54 Å². The van der Waals surface area contributed by atoms with Crippen molar-refractivity contribution in [3.05, 3.63) is 51.3 Å². The molecule has 0 spiro atoms. The van der Waals surface area contributed by atoms with Crippen LogP contribution in [-0.4, -0.2) is 45.0 Å². The number of carboxylic acids is 1. The molecule has 0 saturated heterocycles. The van der Waals surface area contributed by atoms with E-state index < -0.39 is 20.9 Å². The van der Waals surface area contributed by atoms with Crippen molar-refractivity contribution in [2.24, 2.45) is 7.05 Å². The summed E-state index contributed by atoms with van der Waals surface area (Å²) < 4.78 is 27.9. The van der Waals surface area contributed by atoms with E-state index in [0.29, 0.717) is 17.7 Å². The van der Waals surface area contributed by atoms with E-state index in [1.807, 2.05) is 0 Å². The zero-order valence-electron chi connectivity index (χ0n) is 13.1. The van der Waals surface area contributed by atoms with E-state index in [1.54, 1.807) is 0 Å². The second kappa shape index (κ2) is 5.93. The Balaban J connectivity index is 1.95. The van der Waals surface area contributed by atoms with Crippen LogP contribution in [0, 0.1) is 10.1 Å². The smallest absolute Gasteiger partial charge is 0.354 e. The zero-order chi connectivity index (χ0) is 18.4. The number of fused-ring (bicyclic) bond motifs is 1. The quantitative estimate of drug-likeness (QED) is 0.623. The summed E-state index contributed by atoms with van der Waals surface area (Å²) in [7, 11) is -2.40. The van der Waals surface area contributed by atoms with E-state index in [4.69, 9.17) is 0 Å². The minimum atomic E-state index is -3.90. The largest absolute Gasteiger partial charge is 0.477 e. The van der Waals surface area contributed by atoms with Crippen LogP contribution in [0.25, 0.3) is 0 Å². The molecule has 0 bridgehead atoms. The van der Waals surface area contributed by atoms with Crippen LogP contribution in [0.15, 0.2) is 29.2 Å². The first-order chi connectivity index (χ1) is 11.7. The first kappa shape index (κ1) is 17.0. The van der Waals surface area contributed by atoms with Gasteiger partial charge in [-0.3, -0.25) is 14.8 Å². The molecule has 10 nitrogen and oxygen atoms in total. The maximum atomic E-state index is 12.7. The Hall–Kier alpha value is -2.79. The number of hydrogen-bond acceptors (Lipinski definition) is 6. The maximum absolute atomic E-state index is 12.7. The molecule has 1 aromatic carbocycles. The van der Waals surface area contributed by atoms with Gasteiger partial charge >= 0.3 is 5.97 Å². The number of benzene rings is 1. The van der Waals surface area contributed by atoms with Gasteiger partial charge in [0.1, 0.15) is 0 Å². The minimum absolute atomic E-state index is 0.0430. The van der Waals surface area contributed by atoms with E-state index >= 15 is 0 Å². The third-order valence-corrected chi connectivity index (χ3v) is 5.91. The number of carbonyl (C=O) groups is 1. The lowest BCUT2D eigenvalue weighted by Crippen LogP contribution is -2.36. The molecule has 0 fully saturated rings. The number of nitro benzene ring substituents is 1. The van der Waals surface area contributed by atoms with E-state index in [1.165, 1.54) is 23.9 Å². The molecule has 1 N–H and O–H groups in total. The molecule has 1 aliphatic rings. The van der Waals surface area contributed by atoms with Crippen molar-refractivity contribution in [3.8, 4) is 0 Å². The second-order valence-corrected chi connectivity index (χ2v) is 7.48. The van der Waals surface area contributed by atoms with Crippen molar-refractivity contribution in [3.63, 3.8) is 0 Å². The molecule has 0 radical (unpaired) electrons. The highest BCUT2D eigenvalue weighted by molar-refractivity contribution is 7.89. The summed E-state index contributed by atoms with van der Waals surface area (Å²) in [6.07, 6.45) is 0.294. The van der Waals surface area contributed by atoms with E-state index in [2.05, 4.69) is 5.10 Å². The fraction of sp³-hybridized carbons (Fsp3) is 0.286. The number of rotatable bonds is 4. The first-order valence-corrected chi connectivity index (χ1v) is 8.68. The zero-order valence-corrected chi connectivity index (χ0v) is 13.9. The summed E-state index contributed by atoms with van der Waals surface area (Å²) >= 11 is 0. The molecule has 0 amide bonds. The van der Waals surface area contributed by atoms with Gasteiger partial charge in [0.25, 0.3) is 5.69 Å². The van der Waals surface area contributed by atoms with Crippen LogP contribution in [0.3, 0.4) is 0 Å². The predicted octanol–water partition coefficient (Wildman–Crippen LogP) is 0.773. The average molecular weight is 366 g/mol. The van der Waals surface area contributed by atoms with Crippen LogP contribution < -0.4 is 0 Å². The van der Waals surface area contributed by atoms with Crippen molar-refractivity contribution in [2.45, 2.75) is 17.9 Å². The monoisotopic (exact) mass is 366 g/mol. The summed E-state index contributed by atoms with van der Waals surface area (Å²) in [4.78, 5) is 21.4. The molecular weight excluding hydrogens is 352 g/mol. The van der Waals surface area contributed by atoms with Crippen LogP contribution in [0.2, 0.25) is 0 Å². The van der Waals surface area contributed by atoms with Gasteiger partial charge in [-0.25, -0.2) is 13.2 Å². The molecule has 1 aliphatic heterocycles. The molecule has 2 aromatic rings. The molecular formula is C14H14N4O6S. The van der Waals surface area contributed by atoms with Gasteiger partial charge in [-0.2, -0.15) is 9.40 Å². The lowest BCUT2D eigenvalue weighted by molar-refractivity contribution is -0.384. The van der Waals surface area contributed by atoms with Gasteiger partial charge in [0.05, 0.1) is 15.5 Å². The van der Waals surface area contributed by atoms with Gasteiger partial charge in [0.15, 0.2) is 5.69 Å². The number of hydrogen-bond donors (Lipinski definition) is 1. The Morgan fingerprint density at radius 2 is 1.96 bits per heavy atom. The molecule has 0 unspecified atom stereocenters. The first-order valence-electron chi connectivity index (χ1n) is 7.24. The Morgan fingerprint density at radius 1 is 1.32 bits per heavy atom. The van der Waals surface area contributed by atoms with Crippen LogP contribution >= 0.6 is 0 Å². The van der Waals surface area contributed by atoms with Crippen LogP contribution in [0.5, 0.6) is 0 Å².